The summed E-state index contributed by atoms with van der Waals surface area (Å²) in [5, 5.41) is 9.28. The molecule has 3 heterocycles. The van der Waals surface area contributed by atoms with E-state index in [0.717, 1.165) is 23.7 Å². The van der Waals surface area contributed by atoms with Gasteiger partial charge in [0.15, 0.2) is 0 Å². The molecule has 148 valence electrons. The SMILES string of the molecule is CCN(C)CCNC(=O)c1cnn(-c2nccc(-c3cccs3)n2)c1COC. The van der Waals surface area contributed by atoms with Crippen molar-refractivity contribution in [1.82, 2.24) is 30.0 Å². The van der Waals surface area contributed by atoms with Crippen molar-refractivity contribution in [3.8, 4) is 16.5 Å². The lowest BCUT2D eigenvalue weighted by atomic mass is 10.2. The number of amides is 1. The Bertz CT molecular complexity index is 909. The summed E-state index contributed by atoms with van der Waals surface area (Å²) in [4.78, 5) is 24.7. The Morgan fingerprint density at radius 1 is 1.39 bits per heavy atom. The van der Waals surface area contributed by atoms with Crippen LogP contribution in [0, 0.1) is 0 Å². The van der Waals surface area contributed by atoms with Crippen LogP contribution < -0.4 is 5.32 Å². The maximum atomic E-state index is 12.6. The number of nitrogens with one attached hydrogen (secondary N) is 1. The van der Waals surface area contributed by atoms with E-state index in [0.29, 0.717) is 23.8 Å². The summed E-state index contributed by atoms with van der Waals surface area (Å²) in [7, 11) is 3.59. The van der Waals surface area contributed by atoms with Crippen LogP contribution in [0.15, 0.2) is 36.0 Å². The molecule has 0 bridgehead atoms. The molecule has 0 aliphatic heterocycles. The maximum Gasteiger partial charge on any atom is 0.254 e. The summed E-state index contributed by atoms with van der Waals surface area (Å²) in [6.07, 6.45) is 3.23. The van der Waals surface area contributed by atoms with Gasteiger partial charge in [-0.05, 0) is 31.1 Å². The number of thiophene rings is 1. The van der Waals surface area contributed by atoms with Crippen LogP contribution in [-0.2, 0) is 11.3 Å². The summed E-state index contributed by atoms with van der Waals surface area (Å²) in [6.45, 7) is 4.57. The normalized spacial score (nSPS) is 11.1. The van der Waals surface area contributed by atoms with E-state index in [1.807, 2.05) is 30.6 Å². The fourth-order valence-electron chi connectivity index (χ4n) is 2.64. The number of hydrogen-bond acceptors (Lipinski definition) is 7. The number of carbonyl (C=O) groups is 1. The van der Waals surface area contributed by atoms with Crippen LogP contribution >= 0.6 is 11.3 Å². The fraction of sp³-hybridized carbons (Fsp3) is 0.368. The number of carbonyl (C=O) groups excluding carboxylic acids is 1. The van der Waals surface area contributed by atoms with Crippen LogP contribution in [-0.4, -0.2) is 64.3 Å². The topological polar surface area (TPSA) is 85.2 Å². The minimum Gasteiger partial charge on any atom is -0.378 e. The third-order valence-electron chi connectivity index (χ3n) is 4.32. The molecule has 0 saturated carbocycles. The van der Waals surface area contributed by atoms with E-state index in [-0.39, 0.29) is 12.5 Å². The van der Waals surface area contributed by atoms with Gasteiger partial charge in [0.2, 0.25) is 0 Å². The highest BCUT2D eigenvalue weighted by Crippen LogP contribution is 2.23. The van der Waals surface area contributed by atoms with Gasteiger partial charge in [0.25, 0.3) is 11.9 Å². The molecule has 0 atom stereocenters. The summed E-state index contributed by atoms with van der Waals surface area (Å²) < 4.78 is 6.86. The molecule has 1 amide bonds. The predicted octanol–water partition coefficient (Wildman–Crippen LogP) is 2.22. The molecule has 3 aromatic rings. The Morgan fingerprint density at radius 2 is 2.25 bits per heavy atom. The lowest BCUT2D eigenvalue weighted by molar-refractivity contribution is 0.0944. The zero-order valence-corrected chi connectivity index (χ0v) is 17.1. The molecule has 1 N–H and O–H groups in total. The molecule has 9 heteroatoms. The number of likely N-dealkylation sites (N-methyl/N-ethyl adjacent to an activating group) is 1. The molecule has 3 rings (SSSR count). The zero-order chi connectivity index (χ0) is 19.9. The summed E-state index contributed by atoms with van der Waals surface area (Å²) in [5.41, 5.74) is 1.89. The minimum absolute atomic E-state index is 0.183. The highest BCUT2D eigenvalue weighted by Gasteiger charge is 2.20. The maximum absolute atomic E-state index is 12.6. The number of nitrogens with zero attached hydrogens (tertiary/aromatic N) is 5. The quantitative estimate of drug-likeness (QED) is 0.593. The molecule has 28 heavy (non-hydrogen) atoms. The summed E-state index contributed by atoms with van der Waals surface area (Å²) >= 11 is 1.60. The number of ether oxygens (including phenoxy) is 1. The Morgan fingerprint density at radius 3 is 2.96 bits per heavy atom. The number of rotatable bonds is 9. The molecule has 0 aliphatic carbocycles. The average molecular weight is 401 g/mol. The van der Waals surface area contributed by atoms with Gasteiger partial charge >= 0.3 is 0 Å². The molecule has 8 nitrogen and oxygen atoms in total. The monoisotopic (exact) mass is 400 g/mol. The van der Waals surface area contributed by atoms with Crippen LogP contribution in [0.5, 0.6) is 0 Å². The second-order valence-corrected chi connectivity index (χ2v) is 7.17. The first kappa shape index (κ1) is 20.1. The lowest BCUT2D eigenvalue weighted by Crippen LogP contribution is -2.33. The van der Waals surface area contributed by atoms with E-state index in [1.54, 1.807) is 29.3 Å². The molecule has 0 aromatic carbocycles. The van der Waals surface area contributed by atoms with Gasteiger partial charge in [-0.15, -0.1) is 11.3 Å². The van der Waals surface area contributed by atoms with Gasteiger partial charge in [-0.25, -0.2) is 9.97 Å². The standard InChI is InChI=1S/C19H24N6O2S/c1-4-24(2)10-9-20-18(26)14-12-22-25(16(14)13-27-3)19-21-8-7-15(23-19)17-6-5-11-28-17/h5-8,11-12H,4,9-10,13H2,1-3H3,(H,20,26). The average Bonchev–Trinajstić information content (AvgIpc) is 3.38. The number of hydrogen-bond donors (Lipinski definition) is 1. The van der Waals surface area contributed by atoms with E-state index in [9.17, 15) is 4.79 Å². The van der Waals surface area contributed by atoms with Gasteiger partial charge < -0.3 is 15.0 Å². The third-order valence-corrected chi connectivity index (χ3v) is 5.21. The molecule has 0 fully saturated rings. The summed E-state index contributed by atoms with van der Waals surface area (Å²) in [5.74, 6) is 0.222. The largest absolute Gasteiger partial charge is 0.378 e. The van der Waals surface area contributed by atoms with E-state index in [2.05, 4.69) is 32.2 Å². The van der Waals surface area contributed by atoms with Gasteiger partial charge in [-0.3, -0.25) is 4.79 Å². The van der Waals surface area contributed by atoms with Crippen molar-refractivity contribution in [2.24, 2.45) is 0 Å². The van der Waals surface area contributed by atoms with Crippen molar-refractivity contribution in [3.63, 3.8) is 0 Å². The molecule has 0 spiro atoms. The Kier molecular flexibility index (Phi) is 6.85. The van der Waals surface area contributed by atoms with Crippen molar-refractivity contribution in [2.45, 2.75) is 13.5 Å². The van der Waals surface area contributed by atoms with Crippen LogP contribution in [0.25, 0.3) is 16.5 Å². The first-order valence-electron chi connectivity index (χ1n) is 9.04. The first-order valence-corrected chi connectivity index (χ1v) is 9.91. The Labute approximate surface area is 168 Å². The van der Waals surface area contributed by atoms with Crippen LogP contribution in [0.4, 0.5) is 0 Å². The second kappa shape index (κ2) is 9.54. The molecule has 0 saturated heterocycles. The highest BCUT2D eigenvalue weighted by atomic mass is 32.1. The first-order chi connectivity index (χ1) is 13.6. The molecular formula is C19H24N6O2S. The van der Waals surface area contributed by atoms with Gasteiger partial charge in [0.05, 0.1) is 34.6 Å². The number of methoxy groups -OCH3 is 1. The van der Waals surface area contributed by atoms with E-state index in [1.165, 1.54) is 6.20 Å². The van der Waals surface area contributed by atoms with E-state index < -0.39 is 0 Å². The van der Waals surface area contributed by atoms with Crippen molar-refractivity contribution in [1.29, 1.82) is 0 Å². The van der Waals surface area contributed by atoms with Crippen LogP contribution in [0.1, 0.15) is 23.0 Å². The van der Waals surface area contributed by atoms with Gasteiger partial charge in [-0.1, -0.05) is 13.0 Å². The lowest BCUT2D eigenvalue weighted by Gasteiger charge is -2.14. The van der Waals surface area contributed by atoms with Gasteiger partial charge in [-0.2, -0.15) is 9.78 Å². The summed E-state index contributed by atoms with van der Waals surface area (Å²) in [6, 6.07) is 5.83. The van der Waals surface area contributed by atoms with E-state index >= 15 is 0 Å². The van der Waals surface area contributed by atoms with Crippen LogP contribution in [0.2, 0.25) is 0 Å². The molecular weight excluding hydrogens is 376 g/mol. The molecule has 0 unspecified atom stereocenters. The highest BCUT2D eigenvalue weighted by molar-refractivity contribution is 7.13. The van der Waals surface area contributed by atoms with Crippen molar-refractivity contribution < 1.29 is 9.53 Å². The fourth-order valence-corrected chi connectivity index (χ4v) is 3.33. The second-order valence-electron chi connectivity index (χ2n) is 6.22. The van der Waals surface area contributed by atoms with Gasteiger partial charge in [0.1, 0.15) is 0 Å². The molecule has 3 aromatic heterocycles. The number of aromatic nitrogens is 4. The van der Waals surface area contributed by atoms with Crippen molar-refractivity contribution in [2.75, 3.05) is 33.8 Å². The zero-order valence-electron chi connectivity index (χ0n) is 16.3. The minimum atomic E-state index is -0.183. The smallest absolute Gasteiger partial charge is 0.254 e. The van der Waals surface area contributed by atoms with Crippen LogP contribution in [0.3, 0.4) is 0 Å². The predicted molar refractivity (Wildman–Crippen MR) is 109 cm³/mol. The molecule has 0 radical (unpaired) electrons. The van der Waals surface area contributed by atoms with Crippen molar-refractivity contribution >= 4 is 17.2 Å². The Balaban J connectivity index is 1.85. The van der Waals surface area contributed by atoms with E-state index in [4.69, 9.17) is 4.74 Å². The molecule has 0 aliphatic rings. The van der Waals surface area contributed by atoms with Gasteiger partial charge in [0, 0.05) is 26.4 Å². The Hall–Kier alpha value is -2.62. The van der Waals surface area contributed by atoms with Crippen molar-refractivity contribution in [3.05, 3.63) is 47.2 Å². The third kappa shape index (κ3) is 4.61.